The molecule has 0 bridgehead atoms. The molecular weight excluding hydrogens is 216 g/mol. The average molecular weight is 234 g/mol. The SMILES string of the molecule is C=CCNC(=O)C(C)Nc1ccccc1OC. The topological polar surface area (TPSA) is 50.4 Å². The van der Waals surface area contributed by atoms with Gasteiger partial charge in [0.15, 0.2) is 0 Å². The highest BCUT2D eigenvalue weighted by molar-refractivity contribution is 5.84. The Morgan fingerprint density at radius 3 is 2.88 bits per heavy atom. The highest BCUT2D eigenvalue weighted by Crippen LogP contribution is 2.23. The van der Waals surface area contributed by atoms with Crippen molar-refractivity contribution in [3.05, 3.63) is 36.9 Å². The second-order valence-corrected chi connectivity index (χ2v) is 3.60. The van der Waals surface area contributed by atoms with Gasteiger partial charge in [-0.3, -0.25) is 4.79 Å². The number of carbonyl (C=O) groups excluding carboxylic acids is 1. The van der Waals surface area contributed by atoms with Gasteiger partial charge in [-0.1, -0.05) is 18.2 Å². The predicted molar refractivity (Wildman–Crippen MR) is 69.3 cm³/mol. The Labute approximate surface area is 102 Å². The Morgan fingerprint density at radius 1 is 1.53 bits per heavy atom. The van der Waals surface area contributed by atoms with Crippen LogP contribution in [0.5, 0.6) is 5.75 Å². The lowest BCUT2D eigenvalue weighted by Crippen LogP contribution is -2.37. The Morgan fingerprint density at radius 2 is 2.24 bits per heavy atom. The van der Waals surface area contributed by atoms with Crippen molar-refractivity contribution >= 4 is 11.6 Å². The molecule has 0 heterocycles. The quantitative estimate of drug-likeness (QED) is 0.738. The van der Waals surface area contributed by atoms with Crippen LogP contribution in [0.15, 0.2) is 36.9 Å². The number of anilines is 1. The van der Waals surface area contributed by atoms with Gasteiger partial charge in [-0.15, -0.1) is 6.58 Å². The number of amides is 1. The zero-order valence-electron chi connectivity index (χ0n) is 10.2. The van der Waals surface area contributed by atoms with Crippen LogP contribution < -0.4 is 15.4 Å². The monoisotopic (exact) mass is 234 g/mol. The number of hydrogen-bond acceptors (Lipinski definition) is 3. The maximum absolute atomic E-state index is 11.6. The minimum atomic E-state index is -0.328. The second kappa shape index (κ2) is 6.58. The molecule has 92 valence electrons. The molecule has 0 saturated heterocycles. The first kappa shape index (κ1) is 13.1. The summed E-state index contributed by atoms with van der Waals surface area (Å²) in [6, 6.07) is 7.16. The van der Waals surface area contributed by atoms with Crippen LogP contribution in [0, 0.1) is 0 Å². The van der Waals surface area contributed by atoms with E-state index in [-0.39, 0.29) is 11.9 Å². The summed E-state index contributed by atoms with van der Waals surface area (Å²) >= 11 is 0. The molecule has 0 spiro atoms. The minimum Gasteiger partial charge on any atom is -0.495 e. The average Bonchev–Trinajstić information content (AvgIpc) is 2.36. The molecular formula is C13H18N2O2. The van der Waals surface area contributed by atoms with Crippen LogP contribution in [-0.4, -0.2) is 25.6 Å². The number of nitrogens with one attached hydrogen (secondary N) is 2. The lowest BCUT2D eigenvalue weighted by Gasteiger charge is -2.16. The molecule has 4 nitrogen and oxygen atoms in total. The molecule has 1 amide bonds. The smallest absolute Gasteiger partial charge is 0.242 e. The van der Waals surface area contributed by atoms with Crippen molar-refractivity contribution in [3.63, 3.8) is 0 Å². The first-order chi connectivity index (χ1) is 8.19. The van der Waals surface area contributed by atoms with Crippen molar-refractivity contribution in [1.29, 1.82) is 0 Å². The summed E-state index contributed by atoms with van der Waals surface area (Å²) < 4.78 is 5.20. The molecule has 0 aromatic heterocycles. The van der Waals surface area contributed by atoms with Crippen LogP contribution in [0.3, 0.4) is 0 Å². The summed E-state index contributed by atoms with van der Waals surface area (Å²) in [6.07, 6.45) is 1.65. The molecule has 1 aromatic rings. The van der Waals surface area contributed by atoms with Gasteiger partial charge in [0.25, 0.3) is 0 Å². The molecule has 0 aliphatic carbocycles. The van der Waals surface area contributed by atoms with E-state index in [1.54, 1.807) is 20.1 Å². The Kier molecular flexibility index (Phi) is 5.07. The van der Waals surface area contributed by atoms with Gasteiger partial charge in [-0.2, -0.15) is 0 Å². The standard InChI is InChI=1S/C13H18N2O2/c1-4-9-14-13(16)10(2)15-11-7-5-6-8-12(11)17-3/h4-8,10,15H,1,9H2,2-3H3,(H,14,16). The summed E-state index contributed by atoms with van der Waals surface area (Å²) in [5.41, 5.74) is 0.802. The van der Waals surface area contributed by atoms with Crippen molar-refractivity contribution in [1.82, 2.24) is 5.32 Å². The summed E-state index contributed by atoms with van der Waals surface area (Å²) in [7, 11) is 1.60. The maximum atomic E-state index is 11.6. The number of rotatable bonds is 6. The number of benzene rings is 1. The molecule has 4 heteroatoms. The van der Waals surface area contributed by atoms with Crippen LogP contribution in [0.2, 0.25) is 0 Å². The molecule has 0 aliphatic heterocycles. The van der Waals surface area contributed by atoms with E-state index >= 15 is 0 Å². The third-order valence-corrected chi connectivity index (χ3v) is 2.29. The van der Waals surface area contributed by atoms with Crippen LogP contribution in [0.4, 0.5) is 5.69 Å². The molecule has 0 saturated carbocycles. The first-order valence-electron chi connectivity index (χ1n) is 5.47. The molecule has 1 rings (SSSR count). The molecule has 0 radical (unpaired) electrons. The Hall–Kier alpha value is -1.97. The highest BCUT2D eigenvalue weighted by atomic mass is 16.5. The molecule has 1 aromatic carbocycles. The first-order valence-corrected chi connectivity index (χ1v) is 5.47. The number of carbonyl (C=O) groups is 1. The van der Waals surface area contributed by atoms with Crippen molar-refractivity contribution in [2.75, 3.05) is 19.0 Å². The largest absolute Gasteiger partial charge is 0.495 e. The number of hydrogen-bond donors (Lipinski definition) is 2. The van der Waals surface area contributed by atoms with Crippen LogP contribution in [0.1, 0.15) is 6.92 Å². The molecule has 17 heavy (non-hydrogen) atoms. The molecule has 1 atom stereocenters. The highest BCUT2D eigenvalue weighted by Gasteiger charge is 2.13. The fourth-order valence-corrected chi connectivity index (χ4v) is 1.39. The minimum absolute atomic E-state index is 0.0733. The van der Waals surface area contributed by atoms with Gasteiger partial charge in [-0.05, 0) is 19.1 Å². The fraction of sp³-hybridized carbons (Fsp3) is 0.308. The lowest BCUT2D eigenvalue weighted by molar-refractivity contribution is -0.121. The van der Waals surface area contributed by atoms with Gasteiger partial charge in [0.2, 0.25) is 5.91 Å². The van der Waals surface area contributed by atoms with Gasteiger partial charge in [0.05, 0.1) is 12.8 Å². The zero-order chi connectivity index (χ0) is 12.7. The van der Waals surface area contributed by atoms with E-state index in [0.717, 1.165) is 11.4 Å². The van der Waals surface area contributed by atoms with E-state index in [9.17, 15) is 4.79 Å². The van der Waals surface area contributed by atoms with Crippen molar-refractivity contribution in [2.24, 2.45) is 0 Å². The van der Waals surface area contributed by atoms with Crippen molar-refractivity contribution in [3.8, 4) is 5.75 Å². The number of ether oxygens (including phenoxy) is 1. The van der Waals surface area contributed by atoms with Crippen LogP contribution in [-0.2, 0) is 4.79 Å². The van der Waals surface area contributed by atoms with Gasteiger partial charge < -0.3 is 15.4 Å². The summed E-state index contributed by atoms with van der Waals surface area (Å²) in [5, 5.41) is 5.83. The Bertz CT molecular complexity index is 391. The maximum Gasteiger partial charge on any atom is 0.242 e. The Balaban J connectivity index is 2.63. The summed E-state index contributed by atoms with van der Waals surface area (Å²) in [4.78, 5) is 11.6. The lowest BCUT2D eigenvalue weighted by atomic mass is 10.2. The summed E-state index contributed by atoms with van der Waals surface area (Å²) in [5.74, 6) is 0.645. The predicted octanol–water partition coefficient (Wildman–Crippen LogP) is 1.80. The second-order valence-electron chi connectivity index (χ2n) is 3.60. The van der Waals surface area contributed by atoms with Crippen molar-refractivity contribution in [2.45, 2.75) is 13.0 Å². The molecule has 1 unspecified atom stereocenters. The van der Waals surface area contributed by atoms with Gasteiger partial charge in [0, 0.05) is 6.54 Å². The van der Waals surface area contributed by atoms with Gasteiger partial charge in [-0.25, -0.2) is 0 Å². The van der Waals surface area contributed by atoms with E-state index in [0.29, 0.717) is 6.54 Å². The fourth-order valence-electron chi connectivity index (χ4n) is 1.39. The van der Waals surface area contributed by atoms with E-state index in [4.69, 9.17) is 4.74 Å². The van der Waals surface area contributed by atoms with Crippen LogP contribution >= 0.6 is 0 Å². The van der Waals surface area contributed by atoms with E-state index < -0.39 is 0 Å². The van der Waals surface area contributed by atoms with Crippen LogP contribution in [0.25, 0.3) is 0 Å². The van der Waals surface area contributed by atoms with E-state index in [2.05, 4.69) is 17.2 Å². The third-order valence-electron chi connectivity index (χ3n) is 2.29. The van der Waals surface area contributed by atoms with Crippen molar-refractivity contribution < 1.29 is 9.53 Å². The molecule has 0 aliphatic rings. The zero-order valence-corrected chi connectivity index (χ0v) is 10.2. The summed E-state index contributed by atoms with van der Waals surface area (Å²) in [6.45, 7) is 5.81. The van der Waals surface area contributed by atoms with Gasteiger partial charge in [0.1, 0.15) is 11.8 Å². The number of para-hydroxylation sites is 2. The molecule has 2 N–H and O–H groups in total. The van der Waals surface area contributed by atoms with E-state index in [1.807, 2.05) is 24.3 Å². The normalized spacial score (nSPS) is 11.4. The molecule has 0 fully saturated rings. The third kappa shape index (κ3) is 3.83. The van der Waals surface area contributed by atoms with Gasteiger partial charge >= 0.3 is 0 Å². The van der Waals surface area contributed by atoms with E-state index in [1.165, 1.54) is 0 Å². The number of methoxy groups -OCH3 is 1.